The van der Waals surface area contributed by atoms with Gasteiger partial charge >= 0.3 is 0 Å². The molecule has 0 saturated carbocycles. The molecular formula is C17H29NO. The molecule has 0 aromatic heterocycles. The number of carbonyl (C=O) groups excluding carboxylic acids is 1. The van der Waals surface area contributed by atoms with Crippen molar-refractivity contribution in [2.24, 2.45) is 16.7 Å². The van der Waals surface area contributed by atoms with Crippen LogP contribution >= 0.6 is 0 Å². The number of rotatable bonds is 2. The van der Waals surface area contributed by atoms with Crippen molar-refractivity contribution < 1.29 is 4.79 Å². The maximum Gasteiger partial charge on any atom is 0.231 e. The van der Waals surface area contributed by atoms with Gasteiger partial charge in [0.2, 0.25) is 5.91 Å². The zero-order valence-electron chi connectivity index (χ0n) is 13.6. The largest absolute Gasteiger partial charge is 0.313 e. The first-order chi connectivity index (χ1) is 8.63. The summed E-state index contributed by atoms with van der Waals surface area (Å²) in [6.07, 6.45) is 2.90. The Labute approximate surface area is 118 Å². The molecule has 1 atom stereocenters. The van der Waals surface area contributed by atoms with Gasteiger partial charge in [0.15, 0.2) is 0 Å². The molecule has 1 aliphatic heterocycles. The van der Waals surface area contributed by atoms with Crippen molar-refractivity contribution in [1.29, 1.82) is 0 Å². The van der Waals surface area contributed by atoms with E-state index in [0.717, 1.165) is 6.42 Å². The van der Waals surface area contributed by atoms with Crippen molar-refractivity contribution in [3.05, 3.63) is 11.3 Å². The fraction of sp³-hybridized carbons (Fsp3) is 0.824. The predicted molar refractivity (Wildman–Crippen MR) is 79.6 cm³/mol. The Bertz CT molecular complexity index is 431. The molecule has 0 spiro atoms. The molecule has 1 unspecified atom stereocenters. The first-order valence-electron chi connectivity index (χ1n) is 7.67. The number of nitrogens with zero attached hydrogens (tertiary/aromatic N) is 1. The van der Waals surface area contributed by atoms with E-state index in [9.17, 15) is 4.79 Å². The van der Waals surface area contributed by atoms with Gasteiger partial charge < -0.3 is 4.90 Å². The minimum atomic E-state index is 0.119. The molecule has 0 fully saturated rings. The molecule has 0 saturated heterocycles. The number of carbonyl (C=O) groups is 1. The quantitative estimate of drug-likeness (QED) is 0.724. The molecule has 1 heterocycles. The van der Waals surface area contributed by atoms with Crippen LogP contribution in [0.2, 0.25) is 0 Å². The van der Waals surface area contributed by atoms with Gasteiger partial charge in [0.1, 0.15) is 0 Å². The van der Waals surface area contributed by atoms with Crippen molar-refractivity contribution in [2.45, 2.75) is 73.8 Å². The molecule has 1 aliphatic carbocycles. The average Bonchev–Trinajstić information content (AvgIpc) is 2.62. The molecule has 108 valence electrons. The van der Waals surface area contributed by atoms with Crippen LogP contribution < -0.4 is 0 Å². The van der Waals surface area contributed by atoms with E-state index in [2.05, 4.69) is 53.4 Å². The molecule has 1 amide bonds. The van der Waals surface area contributed by atoms with Crippen molar-refractivity contribution in [1.82, 2.24) is 4.90 Å². The van der Waals surface area contributed by atoms with E-state index in [1.54, 1.807) is 0 Å². The van der Waals surface area contributed by atoms with Crippen LogP contribution in [0.4, 0.5) is 0 Å². The molecule has 0 aromatic rings. The van der Waals surface area contributed by atoms with Crippen molar-refractivity contribution >= 4 is 5.91 Å². The van der Waals surface area contributed by atoms with Gasteiger partial charge in [-0.1, -0.05) is 34.6 Å². The highest BCUT2D eigenvalue weighted by Gasteiger charge is 2.52. The third-order valence-electron chi connectivity index (χ3n) is 6.09. The Morgan fingerprint density at radius 1 is 1.11 bits per heavy atom. The molecule has 0 radical (unpaired) electrons. The Morgan fingerprint density at radius 2 is 1.68 bits per heavy atom. The van der Waals surface area contributed by atoms with Gasteiger partial charge in [0.05, 0.1) is 6.42 Å². The minimum Gasteiger partial charge on any atom is -0.313 e. The summed E-state index contributed by atoms with van der Waals surface area (Å²) in [5, 5.41) is 0. The van der Waals surface area contributed by atoms with Crippen LogP contribution in [0.25, 0.3) is 0 Å². The van der Waals surface area contributed by atoms with Gasteiger partial charge in [-0.05, 0) is 49.0 Å². The third-order valence-corrected chi connectivity index (χ3v) is 6.09. The maximum absolute atomic E-state index is 12.3. The summed E-state index contributed by atoms with van der Waals surface area (Å²) in [5.74, 6) is 0.945. The van der Waals surface area contributed by atoms with Crippen LogP contribution in [0.3, 0.4) is 0 Å². The van der Waals surface area contributed by atoms with Crippen LogP contribution in [0, 0.1) is 16.7 Å². The van der Waals surface area contributed by atoms with Gasteiger partial charge in [-0.25, -0.2) is 0 Å². The molecule has 2 heteroatoms. The van der Waals surface area contributed by atoms with Crippen LogP contribution in [0.1, 0.15) is 67.7 Å². The number of allylic oxidation sites excluding steroid dienone is 1. The van der Waals surface area contributed by atoms with Crippen LogP contribution in [-0.4, -0.2) is 16.8 Å². The summed E-state index contributed by atoms with van der Waals surface area (Å²) in [6, 6.07) is 0.291. The molecule has 0 N–H and O–H groups in total. The van der Waals surface area contributed by atoms with Crippen molar-refractivity contribution in [3.8, 4) is 0 Å². The summed E-state index contributed by atoms with van der Waals surface area (Å²) in [4.78, 5) is 14.4. The zero-order chi connectivity index (χ0) is 14.6. The van der Waals surface area contributed by atoms with Crippen molar-refractivity contribution in [3.63, 3.8) is 0 Å². The maximum atomic E-state index is 12.3. The Morgan fingerprint density at radius 3 is 2.16 bits per heavy atom. The first-order valence-corrected chi connectivity index (χ1v) is 7.67. The smallest absolute Gasteiger partial charge is 0.231 e. The fourth-order valence-corrected chi connectivity index (χ4v) is 4.13. The third kappa shape index (κ3) is 1.86. The number of amides is 1. The average molecular weight is 263 g/mol. The summed E-state index contributed by atoms with van der Waals surface area (Å²) in [5.41, 5.74) is 3.16. The fourth-order valence-electron chi connectivity index (χ4n) is 4.13. The second kappa shape index (κ2) is 4.36. The van der Waals surface area contributed by atoms with Gasteiger partial charge in [-0.15, -0.1) is 0 Å². The molecule has 0 bridgehead atoms. The van der Waals surface area contributed by atoms with Gasteiger partial charge in [0.25, 0.3) is 0 Å². The highest BCUT2D eigenvalue weighted by Crippen LogP contribution is 2.59. The van der Waals surface area contributed by atoms with E-state index in [1.165, 1.54) is 17.7 Å². The van der Waals surface area contributed by atoms with Gasteiger partial charge in [-0.2, -0.15) is 0 Å². The molecule has 19 heavy (non-hydrogen) atoms. The van der Waals surface area contributed by atoms with E-state index in [1.807, 2.05) is 0 Å². The first kappa shape index (κ1) is 14.6. The Kier molecular flexibility index (Phi) is 3.35. The second-order valence-electron chi connectivity index (χ2n) is 7.66. The monoisotopic (exact) mass is 263 g/mol. The number of hydrogen-bond acceptors (Lipinski definition) is 1. The lowest BCUT2D eigenvalue weighted by Crippen LogP contribution is -2.44. The predicted octanol–water partition coefficient (Wildman–Crippen LogP) is 4.36. The van der Waals surface area contributed by atoms with E-state index >= 15 is 0 Å². The zero-order valence-corrected chi connectivity index (χ0v) is 13.6. The summed E-state index contributed by atoms with van der Waals surface area (Å²) < 4.78 is 0. The molecule has 0 aromatic carbocycles. The standard InChI is InChI=1S/C17H29NO/c1-11(2)17(7)9-8-14-13(16(17,5)6)10-15(19)18(14)12(3)4/h11-12H,8-10H2,1-7H3. The van der Waals surface area contributed by atoms with E-state index in [-0.39, 0.29) is 5.41 Å². The van der Waals surface area contributed by atoms with E-state index in [0.29, 0.717) is 29.7 Å². The highest BCUT2D eigenvalue weighted by molar-refractivity contribution is 5.85. The second-order valence-corrected chi connectivity index (χ2v) is 7.66. The molecular weight excluding hydrogens is 234 g/mol. The van der Waals surface area contributed by atoms with Gasteiger partial charge in [0, 0.05) is 11.7 Å². The molecule has 2 aliphatic rings. The lowest BCUT2D eigenvalue weighted by molar-refractivity contribution is -0.128. The summed E-state index contributed by atoms with van der Waals surface area (Å²) in [6.45, 7) is 16.0. The van der Waals surface area contributed by atoms with Crippen LogP contribution in [0.5, 0.6) is 0 Å². The molecule has 2 nitrogen and oxygen atoms in total. The van der Waals surface area contributed by atoms with Gasteiger partial charge in [-0.3, -0.25) is 4.79 Å². The van der Waals surface area contributed by atoms with Crippen molar-refractivity contribution in [2.75, 3.05) is 0 Å². The highest BCUT2D eigenvalue weighted by atomic mass is 16.2. The summed E-state index contributed by atoms with van der Waals surface area (Å²) in [7, 11) is 0. The molecule has 2 rings (SSSR count). The minimum absolute atomic E-state index is 0.119. The van der Waals surface area contributed by atoms with E-state index < -0.39 is 0 Å². The Hall–Kier alpha value is -0.790. The lowest BCUT2D eigenvalue weighted by Gasteiger charge is -2.52. The number of hydrogen-bond donors (Lipinski definition) is 0. The lowest BCUT2D eigenvalue weighted by atomic mass is 9.53. The van der Waals surface area contributed by atoms with Crippen LogP contribution in [0.15, 0.2) is 11.3 Å². The topological polar surface area (TPSA) is 20.3 Å². The van der Waals surface area contributed by atoms with E-state index in [4.69, 9.17) is 0 Å². The Balaban J connectivity index is 2.48. The normalized spacial score (nSPS) is 30.6. The summed E-state index contributed by atoms with van der Waals surface area (Å²) >= 11 is 0. The SMILES string of the molecule is CC(C)N1C(=O)CC2=C1CCC(C)(C(C)C)C2(C)C. The van der Waals surface area contributed by atoms with Crippen LogP contribution in [-0.2, 0) is 4.79 Å².